The second-order valence-electron chi connectivity index (χ2n) is 3.65. The lowest BCUT2D eigenvalue weighted by molar-refractivity contribution is -0.115. The molecular weight excluding hydrogens is 249 g/mol. The summed E-state index contributed by atoms with van der Waals surface area (Å²) in [5.74, 6) is -1.40. The average molecular weight is 256 g/mol. The third-order valence-electron chi connectivity index (χ3n) is 2.58. The van der Waals surface area contributed by atoms with Gasteiger partial charge < -0.3 is 5.32 Å². The van der Waals surface area contributed by atoms with E-state index in [-0.39, 0.29) is 17.8 Å². The highest BCUT2D eigenvalue weighted by Gasteiger charge is 2.41. The van der Waals surface area contributed by atoms with Crippen LogP contribution in [0.2, 0.25) is 0 Å². The Morgan fingerprint density at radius 2 is 1.94 bits per heavy atom. The fourth-order valence-corrected chi connectivity index (χ4v) is 1.85. The van der Waals surface area contributed by atoms with E-state index in [2.05, 4.69) is 10.5 Å². The summed E-state index contributed by atoms with van der Waals surface area (Å²) in [6.45, 7) is -0.365. The highest BCUT2D eigenvalue weighted by Crippen LogP contribution is 2.42. The van der Waals surface area contributed by atoms with Gasteiger partial charge in [-0.3, -0.25) is 4.79 Å². The molecule has 0 aromatic heterocycles. The van der Waals surface area contributed by atoms with Crippen molar-refractivity contribution >= 4 is 17.2 Å². The van der Waals surface area contributed by atoms with Crippen LogP contribution in [0.1, 0.15) is 5.56 Å². The average Bonchev–Trinajstić information content (AvgIpc) is 2.35. The van der Waals surface area contributed by atoms with Crippen LogP contribution in [0.5, 0.6) is 0 Å². The summed E-state index contributed by atoms with van der Waals surface area (Å²) in [5.41, 5.74) is -1.63. The number of nitroso groups, excluding NO2 is 1. The van der Waals surface area contributed by atoms with Crippen molar-refractivity contribution in [2.24, 2.45) is 5.18 Å². The van der Waals surface area contributed by atoms with Crippen LogP contribution in [0, 0.1) is 4.91 Å². The lowest BCUT2D eigenvalue weighted by Crippen LogP contribution is -2.25. The highest BCUT2D eigenvalue weighted by atomic mass is 19.4. The predicted molar refractivity (Wildman–Crippen MR) is 58.7 cm³/mol. The van der Waals surface area contributed by atoms with E-state index in [9.17, 15) is 22.9 Å². The maximum atomic E-state index is 13.0. The number of fused-ring (bicyclic) bond motifs is 1. The molecular formula is C11H7F3N2O2. The molecule has 1 aliphatic heterocycles. The Hall–Kier alpha value is -2.18. The molecule has 1 amide bonds. The Morgan fingerprint density at radius 3 is 2.56 bits per heavy atom. The molecule has 0 bridgehead atoms. The summed E-state index contributed by atoms with van der Waals surface area (Å²) in [7, 11) is 0. The number of anilines is 1. The summed E-state index contributed by atoms with van der Waals surface area (Å²) in [6, 6.07) is 5.71. The number of halogens is 3. The third kappa shape index (κ3) is 1.99. The van der Waals surface area contributed by atoms with Gasteiger partial charge in [-0.2, -0.15) is 13.2 Å². The number of hydrogen-bond acceptors (Lipinski definition) is 3. The first-order chi connectivity index (χ1) is 8.45. The SMILES string of the molecule is O=NC(=O)C1=C(C(F)(F)F)c2ccccc2NC1. The minimum atomic E-state index is -4.71. The molecule has 0 saturated carbocycles. The number of carbonyl (C=O) groups excluding carboxylic acids is 1. The molecule has 1 aliphatic rings. The van der Waals surface area contributed by atoms with Gasteiger partial charge in [-0.1, -0.05) is 18.2 Å². The third-order valence-corrected chi connectivity index (χ3v) is 2.58. The molecule has 4 nitrogen and oxygen atoms in total. The van der Waals surface area contributed by atoms with Crippen LogP contribution in [0.15, 0.2) is 35.0 Å². The van der Waals surface area contributed by atoms with Gasteiger partial charge in [0.1, 0.15) is 0 Å². The number of amides is 1. The molecule has 0 radical (unpaired) electrons. The molecule has 0 unspecified atom stereocenters. The molecule has 2 rings (SSSR count). The Labute approximate surface area is 99.5 Å². The fraction of sp³-hybridized carbons (Fsp3) is 0.182. The van der Waals surface area contributed by atoms with Crippen molar-refractivity contribution in [3.8, 4) is 0 Å². The molecule has 1 aromatic rings. The molecule has 94 valence electrons. The summed E-state index contributed by atoms with van der Waals surface area (Å²) in [6.07, 6.45) is -4.71. The first-order valence-corrected chi connectivity index (χ1v) is 4.96. The summed E-state index contributed by atoms with van der Waals surface area (Å²) < 4.78 is 39.0. The number of rotatable bonds is 1. The second kappa shape index (κ2) is 4.25. The van der Waals surface area contributed by atoms with E-state index in [0.29, 0.717) is 0 Å². The number of carbonyl (C=O) groups is 1. The van der Waals surface area contributed by atoms with E-state index in [1.54, 1.807) is 6.07 Å². The number of para-hydroxylation sites is 1. The Balaban J connectivity index is 2.69. The molecule has 0 saturated heterocycles. The zero-order chi connectivity index (χ0) is 13.3. The number of nitrogens with zero attached hydrogens (tertiary/aromatic N) is 1. The maximum absolute atomic E-state index is 13.0. The van der Waals surface area contributed by atoms with E-state index >= 15 is 0 Å². The first-order valence-electron chi connectivity index (χ1n) is 4.96. The van der Waals surface area contributed by atoms with Crippen LogP contribution in [0.25, 0.3) is 5.57 Å². The van der Waals surface area contributed by atoms with Crippen molar-refractivity contribution in [1.82, 2.24) is 0 Å². The Kier molecular flexibility index (Phi) is 2.90. The van der Waals surface area contributed by atoms with Crippen molar-refractivity contribution in [2.75, 3.05) is 11.9 Å². The van der Waals surface area contributed by atoms with Crippen molar-refractivity contribution < 1.29 is 18.0 Å². The van der Waals surface area contributed by atoms with Gasteiger partial charge in [0.05, 0.1) is 11.1 Å². The van der Waals surface area contributed by atoms with Crippen molar-refractivity contribution in [1.29, 1.82) is 0 Å². The zero-order valence-electron chi connectivity index (χ0n) is 8.91. The highest BCUT2D eigenvalue weighted by molar-refractivity contribution is 6.05. The van der Waals surface area contributed by atoms with Crippen LogP contribution in [-0.4, -0.2) is 18.6 Å². The van der Waals surface area contributed by atoms with Gasteiger partial charge in [-0.25, -0.2) is 0 Å². The summed E-state index contributed by atoms with van der Waals surface area (Å²) >= 11 is 0. The first kappa shape index (κ1) is 12.3. The second-order valence-corrected chi connectivity index (χ2v) is 3.65. The summed E-state index contributed by atoms with van der Waals surface area (Å²) in [4.78, 5) is 21.3. The monoisotopic (exact) mass is 256 g/mol. The zero-order valence-corrected chi connectivity index (χ0v) is 8.91. The van der Waals surface area contributed by atoms with Crippen LogP contribution in [0.4, 0.5) is 18.9 Å². The van der Waals surface area contributed by atoms with Gasteiger partial charge in [0, 0.05) is 23.0 Å². The van der Waals surface area contributed by atoms with Crippen LogP contribution in [0.3, 0.4) is 0 Å². The molecule has 1 N–H and O–H groups in total. The van der Waals surface area contributed by atoms with Gasteiger partial charge >= 0.3 is 12.1 Å². The number of hydrogen-bond donors (Lipinski definition) is 1. The van der Waals surface area contributed by atoms with E-state index in [4.69, 9.17) is 0 Å². The van der Waals surface area contributed by atoms with Crippen LogP contribution in [-0.2, 0) is 4.79 Å². The molecule has 0 atom stereocenters. The van der Waals surface area contributed by atoms with E-state index in [1.165, 1.54) is 18.2 Å². The molecule has 1 heterocycles. The smallest absolute Gasteiger partial charge is 0.380 e. The predicted octanol–water partition coefficient (Wildman–Crippen LogP) is 2.72. The van der Waals surface area contributed by atoms with Crippen LogP contribution < -0.4 is 5.32 Å². The molecule has 0 aliphatic carbocycles. The lowest BCUT2D eigenvalue weighted by Gasteiger charge is -2.24. The topological polar surface area (TPSA) is 58.5 Å². The molecule has 1 aromatic carbocycles. The summed E-state index contributed by atoms with van der Waals surface area (Å²) in [5, 5.41) is 4.71. The Bertz CT molecular complexity index is 549. The van der Waals surface area contributed by atoms with Gasteiger partial charge in [-0.05, 0) is 6.07 Å². The Morgan fingerprint density at radius 1 is 1.28 bits per heavy atom. The number of alkyl halides is 3. The number of nitrogens with one attached hydrogen (secondary N) is 1. The normalized spacial score (nSPS) is 14.8. The van der Waals surface area contributed by atoms with Gasteiger partial charge in [0.2, 0.25) is 0 Å². The number of allylic oxidation sites excluding steroid dienone is 1. The molecule has 0 fully saturated rings. The van der Waals surface area contributed by atoms with E-state index in [1.807, 2.05) is 0 Å². The van der Waals surface area contributed by atoms with Crippen molar-refractivity contribution in [2.45, 2.75) is 6.18 Å². The lowest BCUT2D eigenvalue weighted by atomic mass is 9.94. The largest absolute Gasteiger partial charge is 0.417 e. The molecule has 0 spiro atoms. The van der Waals surface area contributed by atoms with E-state index < -0.39 is 23.2 Å². The van der Waals surface area contributed by atoms with Crippen molar-refractivity contribution in [3.63, 3.8) is 0 Å². The number of benzene rings is 1. The van der Waals surface area contributed by atoms with Crippen molar-refractivity contribution in [3.05, 3.63) is 40.3 Å². The molecule has 7 heteroatoms. The minimum absolute atomic E-state index is 0.150. The minimum Gasteiger partial charge on any atom is -0.380 e. The fourth-order valence-electron chi connectivity index (χ4n) is 1.85. The molecule has 18 heavy (non-hydrogen) atoms. The maximum Gasteiger partial charge on any atom is 0.417 e. The van der Waals surface area contributed by atoms with Gasteiger partial charge in [0.25, 0.3) is 0 Å². The standard InChI is InChI=1S/C11H7F3N2O2/c12-11(13,14)9-6-3-1-2-4-8(6)15-5-7(9)10(17)16-18/h1-4,15H,5H2. The van der Waals surface area contributed by atoms with Crippen LogP contribution >= 0.6 is 0 Å². The van der Waals surface area contributed by atoms with E-state index in [0.717, 1.165) is 0 Å². The quantitative estimate of drug-likeness (QED) is 0.786. The van der Waals surface area contributed by atoms with Gasteiger partial charge in [0.15, 0.2) is 0 Å². The van der Waals surface area contributed by atoms with Gasteiger partial charge in [-0.15, -0.1) is 4.91 Å².